The van der Waals surface area contributed by atoms with Crippen molar-refractivity contribution in [2.45, 2.75) is 6.54 Å². The van der Waals surface area contributed by atoms with Crippen LogP contribution in [0.15, 0.2) is 30.7 Å². The molecule has 0 saturated heterocycles. The molecule has 21 heavy (non-hydrogen) atoms. The Balaban J connectivity index is 2.19. The highest BCUT2D eigenvalue weighted by molar-refractivity contribution is 5.88. The molecule has 110 valence electrons. The van der Waals surface area contributed by atoms with Gasteiger partial charge in [-0.25, -0.2) is 14.8 Å². The Morgan fingerprint density at radius 2 is 2.14 bits per heavy atom. The van der Waals surface area contributed by atoms with Crippen molar-refractivity contribution in [3.05, 3.63) is 42.0 Å². The predicted molar refractivity (Wildman–Crippen MR) is 75.9 cm³/mol. The summed E-state index contributed by atoms with van der Waals surface area (Å²) in [5, 5.41) is 12.2. The zero-order valence-corrected chi connectivity index (χ0v) is 11.7. The highest BCUT2D eigenvalue weighted by Gasteiger charge is 2.12. The van der Waals surface area contributed by atoms with Crippen LogP contribution in [-0.2, 0) is 6.54 Å². The summed E-state index contributed by atoms with van der Waals surface area (Å²) in [5.74, 6) is 0.208. The van der Waals surface area contributed by atoms with E-state index in [1.165, 1.54) is 12.5 Å². The molecule has 0 aliphatic rings. The second-order valence-corrected chi connectivity index (χ2v) is 4.11. The zero-order valence-electron chi connectivity index (χ0n) is 11.7. The summed E-state index contributed by atoms with van der Waals surface area (Å²) in [6, 6.07) is 5.31. The number of nitrogens with zero attached hydrogens (tertiary/aromatic N) is 2. The van der Waals surface area contributed by atoms with Crippen molar-refractivity contribution < 1.29 is 19.4 Å². The van der Waals surface area contributed by atoms with Crippen molar-refractivity contribution in [2.75, 3.05) is 19.5 Å². The molecule has 2 rings (SSSR count). The largest absolute Gasteiger partial charge is 0.497 e. The third-order valence-electron chi connectivity index (χ3n) is 2.88. The summed E-state index contributed by atoms with van der Waals surface area (Å²) in [6.07, 6.45) is 2.59. The van der Waals surface area contributed by atoms with Crippen LogP contribution in [0, 0.1) is 0 Å². The topological polar surface area (TPSA) is 93.6 Å². The molecule has 0 radical (unpaired) electrons. The number of aromatic carboxylic acids is 1. The molecule has 7 heteroatoms. The minimum absolute atomic E-state index is 0.0671. The number of methoxy groups -OCH3 is 2. The Labute approximate surface area is 121 Å². The van der Waals surface area contributed by atoms with E-state index in [2.05, 4.69) is 15.3 Å². The average Bonchev–Trinajstić information content (AvgIpc) is 2.52. The van der Waals surface area contributed by atoms with Crippen molar-refractivity contribution in [3.63, 3.8) is 0 Å². The maximum atomic E-state index is 11.1. The van der Waals surface area contributed by atoms with Gasteiger partial charge in [-0.05, 0) is 12.1 Å². The smallest absolute Gasteiger partial charge is 0.339 e. The van der Waals surface area contributed by atoms with Gasteiger partial charge < -0.3 is 19.9 Å². The van der Waals surface area contributed by atoms with Crippen molar-refractivity contribution >= 4 is 11.7 Å². The summed E-state index contributed by atoms with van der Waals surface area (Å²) in [4.78, 5) is 18.8. The molecular formula is C14H15N3O4. The Hall–Kier alpha value is -2.83. The highest BCUT2D eigenvalue weighted by Crippen LogP contribution is 2.29. The lowest BCUT2D eigenvalue weighted by atomic mass is 10.2. The van der Waals surface area contributed by atoms with Crippen molar-refractivity contribution in [2.24, 2.45) is 0 Å². The molecule has 0 atom stereocenters. The number of hydrogen-bond donors (Lipinski definition) is 2. The van der Waals surface area contributed by atoms with Gasteiger partial charge in [0.25, 0.3) is 0 Å². The Kier molecular flexibility index (Phi) is 4.55. The molecule has 2 aromatic rings. The molecule has 0 fully saturated rings. The van der Waals surface area contributed by atoms with E-state index in [0.29, 0.717) is 22.9 Å². The second-order valence-electron chi connectivity index (χ2n) is 4.11. The molecule has 1 aromatic carbocycles. The molecule has 1 aromatic heterocycles. The maximum Gasteiger partial charge on any atom is 0.339 e. The Bertz CT molecular complexity index is 646. The van der Waals surface area contributed by atoms with Crippen LogP contribution in [0.3, 0.4) is 0 Å². The van der Waals surface area contributed by atoms with Crippen LogP contribution in [0.2, 0.25) is 0 Å². The third-order valence-corrected chi connectivity index (χ3v) is 2.88. The lowest BCUT2D eigenvalue weighted by Crippen LogP contribution is -2.10. The number of carbonyl (C=O) groups is 1. The molecule has 1 heterocycles. The molecule has 0 saturated carbocycles. The zero-order chi connectivity index (χ0) is 15.2. The minimum atomic E-state index is -1.06. The van der Waals surface area contributed by atoms with E-state index < -0.39 is 5.97 Å². The third kappa shape index (κ3) is 3.38. The Morgan fingerprint density at radius 3 is 2.81 bits per heavy atom. The molecule has 0 spiro atoms. The first-order chi connectivity index (χ1) is 10.2. The minimum Gasteiger partial charge on any atom is -0.497 e. The predicted octanol–water partition coefficient (Wildman–Crippen LogP) is 1.80. The molecule has 0 aliphatic heterocycles. The SMILES string of the molecule is COc1ccc(NCc2ncncc2C(=O)O)c(OC)c1. The number of rotatable bonds is 6. The van der Waals surface area contributed by atoms with Crippen molar-refractivity contribution in [1.29, 1.82) is 0 Å². The van der Waals surface area contributed by atoms with E-state index in [1.54, 1.807) is 32.4 Å². The van der Waals surface area contributed by atoms with Crippen LogP contribution in [0.1, 0.15) is 16.1 Å². The van der Waals surface area contributed by atoms with Crippen molar-refractivity contribution in [1.82, 2.24) is 9.97 Å². The van der Waals surface area contributed by atoms with E-state index in [1.807, 2.05) is 0 Å². The van der Waals surface area contributed by atoms with E-state index in [9.17, 15) is 4.79 Å². The number of anilines is 1. The quantitative estimate of drug-likeness (QED) is 0.837. The first kappa shape index (κ1) is 14.6. The second kappa shape index (κ2) is 6.56. The maximum absolute atomic E-state index is 11.1. The van der Waals surface area contributed by atoms with Crippen LogP contribution in [0.25, 0.3) is 0 Å². The lowest BCUT2D eigenvalue weighted by Gasteiger charge is -2.12. The van der Waals surface area contributed by atoms with E-state index in [4.69, 9.17) is 14.6 Å². The summed E-state index contributed by atoms with van der Waals surface area (Å²) < 4.78 is 10.4. The fourth-order valence-corrected chi connectivity index (χ4v) is 1.80. The normalized spacial score (nSPS) is 10.0. The highest BCUT2D eigenvalue weighted by atomic mass is 16.5. The number of hydrogen-bond acceptors (Lipinski definition) is 6. The number of ether oxygens (including phenoxy) is 2. The van der Waals surface area contributed by atoms with E-state index in [0.717, 1.165) is 0 Å². The number of benzene rings is 1. The van der Waals surface area contributed by atoms with Crippen LogP contribution in [0.5, 0.6) is 11.5 Å². The first-order valence-corrected chi connectivity index (χ1v) is 6.13. The van der Waals surface area contributed by atoms with Gasteiger partial charge in [-0.1, -0.05) is 0 Å². The standard InChI is InChI=1S/C14H15N3O4/c1-20-9-3-4-11(13(5-9)21-2)16-7-12-10(14(18)19)6-15-8-17-12/h3-6,8,16H,7H2,1-2H3,(H,18,19). The first-order valence-electron chi connectivity index (χ1n) is 6.13. The molecule has 7 nitrogen and oxygen atoms in total. The average molecular weight is 289 g/mol. The number of carboxylic acids is 1. The Morgan fingerprint density at radius 1 is 1.33 bits per heavy atom. The molecule has 0 bridgehead atoms. The van der Waals surface area contributed by atoms with Gasteiger partial charge in [0.15, 0.2) is 0 Å². The molecule has 0 amide bonds. The summed E-state index contributed by atoms with van der Waals surface area (Å²) in [6.45, 7) is 0.243. The van der Waals surface area contributed by atoms with Gasteiger partial charge >= 0.3 is 5.97 Å². The summed E-state index contributed by atoms with van der Waals surface area (Å²) in [5.41, 5.74) is 1.18. The lowest BCUT2D eigenvalue weighted by molar-refractivity contribution is 0.0694. The van der Waals surface area contributed by atoms with E-state index >= 15 is 0 Å². The van der Waals surface area contributed by atoms with Crippen LogP contribution >= 0.6 is 0 Å². The molecule has 2 N–H and O–H groups in total. The fraction of sp³-hybridized carbons (Fsp3) is 0.214. The number of carboxylic acid groups (broad SMARTS) is 1. The van der Waals surface area contributed by atoms with Gasteiger partial charge in [0.2, 0.25) is 0 Å². The van der Waals surface area contributed by atoms with Gasteiger partial charge in [-0.2, -0.15) is 0 Å². The molecule has 0 aliphatic carbocycles. The number of nitrogens with one attached hydrogen (secondary N) is 1. The van der Waals surface area contributed by atoms with Crippen LogP contribution in [-0.4, -0.2) is 35.3 Å². The van der Waals surface area contributed by atoms with Gasteiger partial charge in [-0.15, -0.1) is 0 Å². The molecule has 0 unspecified atom stereocenters. The van der Waals surface area contributed by atoms with E-state index in [-0.39, 0.29) is 12.1 Å². The van der Waals surface area contributed by atoms with Crippen LogP contribution in [0.4, 0.5) is 5.69 Å². The number of aromatic nitrogens is 2. The van der Waals surface area contributed by atoms with Crippen molar-refractivity contribution in [3.8, 4) is 11.5 Å². The molecular weight excluding hydrogens is 274 g/mol. The monoisotopic (exact) mass is 289 g/mol. The van der Waals surface area contributed by atoms with Crippen LogP contribution < -0.4 is 14.8 Å². The van der Waals surface area contributed by atoms with Gasteiger partial charge in [-0.3, -0.25) is 0 Å². The fourth-order valence-electron chi connectivity index (χ4n) is 1.80. The summed E-state index contributed by atoms with van der Waals surface area (Å²) in [7, 11) is 3.12. The summed E-state index contributed by atoms with van der Waals surface area (Å²) >= 11 is 0. The van der Waals surface area contributed by atoms with Gasteiger partial charge in [0.1, 0.15) is 23.4 Å². The van der Waals surface area contributed by atoms with Gasteiger partial charge in [0, 0.05) is 12.3 Å². The van der Waals surface area contributed by atoms with Gasteiger partial charge in [0.05, 0.1) is 32.1 Å².